The van der Waals surface area contributed by atoms with E-state index in [0.29, 0.717) is 5.56 Å². The fourth-order valence-corrected chi connectivity index (χ4v) is 3.91. The third-order valence-corrected chi connectivity index (χ3v) is 5.72. The zero-order valence-corrected chi connectivity index (χ0v) is 17.2. The predicted octanol–water partition coefficient (Wildman–Crippen LogP) is 1.58. The molecule has 0 radical (unpaired) electrons. The summed E-state index contributed by atoms with van der Waals surface area (Å²) in [5, 5.41) is 2.63. The Kier molecular flexibility index (Phi) is 5.14. The van der Waals surface area contributed by atoms with Crippen LogP contribution in [-0.2, 0) is 16.0 Å². The lowest BCUT2D eigenvalue weighted by Gasteiger charge is -2.21. The molecule has 2 aromatic rings. The molecular formula is C23H21N3O5. The molecule has 0 fully saturated rings. The number of amides is 4. The summed E-state index contributed by atoms with van der Waals surface area (Å²) in [4.78, 5) is 64.3. The highest BCUT2D eigenvalue weighted by Crippen LogP contribution is 2.28. The summed E-state index contributed by atoms with van der Waals surface area (Å²) in [6.45, 7) is 1.55. The molecule has 2 heterocycles. The molecule has 0 saturated heterocycles. The predicted molar refractivity (Wildman–Crippen MR) is 112 cm³/mol. The van der Waals surface area contributed by atoms with Crippen molar-refractivity contribution in [2.24, 2.45) is 0 Å². The lowest BCUT2D eigenvalue weighted by Crippen LogP contribution is -2.48. The number of carbonyl (C=O) groups is 5. The van der Waals surface area contributed by atoms with Crippen LogP contribution in [0.3, 0.4) is 0 Å². The summed E-state index contributed by atoms with van der Waals surface area (Å²) in [6.07, 6.45) is 0.324. The summed E-state index contributed by atoms with van der Waals surface area (Å²) >= 11 is 0. The Morgan fingerprint density at radius 3 is 2.32 bits per heavy atom. The first-order valence-electron chi connectivity index (χ1n) is 9.97. The summed E-state index contributed by atoms with van der Waals surface area (Å²) in [5.74, 6) is -1.70. The highest BCUT2D eigenvalue weighted by Gasteiger charge is 2.40. The van der Waals surface area contributed by atoms with Crippen molar-refractivity contribution in [3.8, 4) is 0 Å². The van der Waals surface area contributed by atoms with Gasteiger partial charge in [-0.1, -0.05) is 12.1 Å². The number of imide groups is 1. The molecule has 8 nitrogen and oxygen atoms in total. The van der Waals surface area contributed by atoms with Gasteiger partial charge in [-0.2, -0.15) is 0 Å². The van der Waals surface area contributed by atoms with Crippen molar-refractivity contribution < 1.29 is 24.0 Å². The number of hydrogen-bond acceptors (Lipinski definition) is 5. The maximum atomic E-state index is 12.5. The van der Waals surface area contributed by atoms with Crippen molar-refractivity contribution in [3.63, 3.8) is 0 Å². The fraction of sp³-hybridized carbons (Fsp3) is 0.261. The Morgan fingerprint density at radius 1 is 1.03 bits per heavy atom. The standard InChI is InChI=1S/C23H21N3O5/c1-13(26-22(30)16-5-3-4-6-17(16)23(26)31)21(29)24-10-9-19(27)14-7-8-18-15(11-14)12-20(28)25(18)2/h3-8,11,13H,9-10,12H2,1-2H3,(H,24,29). The van der Waals surface area contributed by atoms with Gasteiger partial charge < -0.3 is 10.2 Å². The minimum atomic E-state index is -0.996. The smallest absolute Gasteiger partial charge is 0.262 e. The topological polar surface area (TPSA) is 104 Å². The van der Waals surface area contributed by atoms with Crippen LogP contribution in [0, 0.1) is 0 Å². The minimum Gasteiger partial charge on any atom is -0.354 e. The molecule has 1 atom stereocenters. The Morgan fingerprint density at radius 2 is 1.68 bits per heavy atom. The molecule has 1 unspecified atom stereocenters. The van der Waals surface area contributed by atoms with Gasteiger partial charge in [-0.15, -0.1) is 0 Å². The van der Waals surface area contributed by atoms with Crippen LogP contribution in [0.25, 0.3) is 0 Å². The van der Waals surface area contributed by atoms with E-state index in [4.69, 9.17) is 0 Å². The zero-order chi connectivity index (χ0) is 22.3. The fourth-order valence-electron chi connectivity index (χ4n) is 3.91. The van der Waals surface area contributed by atoms with Gasteiger partial charge in [0.15, 0.2) is 5.78 Å². The first-order valence-corrected chi connectivity index (χ1v) is 9.97. The van der Waals surface area contributed by atoms with Crippen molar-refractivity contribution in [2.45, 2.75) is 25.8 Å². The number of carbonyl (C=O) groups excluding carboxylic acids is 5. The molecule has 0 aliphatic carbocycles. The Balaban J connectivity index is 1.34. The largest absolute Gasteiger partial charge is 0.354 e. The number of benzene rings is 2. The first kappa shape index (κ1) is 20.5. The maximum Gasteiger partial charge on any atom is 0.262 e. The molecule has 0 aromatic heterocycles. The normalized spacial score (nSPS) is 15.7. The van der Waals surface area contributed by atoms with Gasteiger partial charge in [0.25, 0.3) is 11.8 Å². The minimum absolute atomic E-state index is 0.0194. The van der Waals surface area contributed by atoms with Crippen molar-refractivity contribution in [1.29, 1.82) is 0 Å². The number of anilines is 1. The second-order valence-corrected chi connectivity index (χ2v) is 7.64. The van der Waals surface area contributed by atoms with Gasteiger partial charge in [0, 0.05) is 31.3 Å². The summed E-state index contributed by atoms with van der Waals surface area (Å²) in [7, 11) is 1.70. The first-order chi connectivity index (χ1) is 14.8. The second kappa shape index (κ2) is 7.79. The van der Waals surface area contributed by atoms with Gasteiger partial charge in [-0.25, -0.2) is 0 Å². The molecule has 0 bridgehead atoms. The summed E-state index contributed by atoms with van der Waals surface area (Å²) in [5.41, 5.74) is 2.64. The van der Waals surface area contributed by atoms with E-state index >= 15 is 0 Å². The molecule has 31 heavy (non-hydrogen) atoms. The highest BCUT2D eigenvalue weighted by atomic mass is 16.2. The monoisotopic (exact) mass is 419 g/mol. The van der Waals surface area contributed by atoms with E-state index in [1.54, 1.807) is 54.4 Å². The van der Waals surface area contributed by atoms with Crippen LogP contribution in [0.5, 0.6) is 0 Å². The molecule has 2 aliphatic heterocycles. The second-order valence-electron chi connectivity index (χ2n) is 7.64. The molecule has 158 valence electrons. The number of nitrogens with zero attached hydrogens (tertiary/aromatic N) is 2. The lowest BCUT2D eigenvalue weighted by molar-refractivity contribution is -0.124. The van der Waals surface area contributed by atoms with Crippen LogP contribution in [-0.4, -0.2) is 53.9 Å². The van der Waals surface area contributed by atoms with Crippen molar-refractivity contribution in [3.05, 3.63) is 64.7 Å². The molecule has 2 aromatic carbocycles. The molecule has 4 amide bonds. The van der Waals surface area contributed by atoms with Crippen LogP contribution in [0.2, 0.25) is 0 Å². The summed E-state index contributed by atoms with van der Waals surface area (Å²) < 4.78 is 0. The molecular weight excluding hydrogens is 398 g/mol. The molecule has 0 saturated carbocycles. The van der Waals surface area contributed by atoms with Crippen LogP contribution < -0.4 is 10.2 Å². The zero-order valence-electron chi connectivity index (χ0n) is 17.2. The number of fused-ring (bicyclic) bond motifs is 2. The third kappa shape index (κ3) is 3.50. The van der Waals surface area contributed by atoms with Crippen LogP contribution in [0.1, 0.15) is 50.0 Å². The van der Waals surface area contributed by atoms with E-state index in [2.05, 4.69) is 5.32 Å². The highest BCUT2D eigenvalue weighted by molar-refractivity contribution is 6.22. The lowest BCUT2D eigenvalue weighted by atomic mass is 10.0. The third-order valence-electron chi connectivity index (χ3n) is 5.72. The van der Waals surface area contributed by atoms with Crippen molar-refractivity contribution in [1.82, 2.24) is 10.2 Å². The van der Waals surface area contributed by atoms with E-state index in [-0.39, 0.29) is 42.2 Å². The maximum absolute atomic E-state index is 12.5. The van der Waals surface area contributed by atoms with Gasteiger partial charge in [0.1, 0.15) is 6.04 Å². The van der Waals surface area contributed by atoms with Crippen molar-refractivity contribution >= 4 is 35.1 Å². The number of ketones is 1. The Bertz CT molecular complexity index is 1100. The van der Waals surface area contributed by atoms with Crippen LogP contribution in [0.4, 0.5) is 5.69 Å². The van der Waals surface area contributed by atoms with E-state index in [0.717, 1.165) is 16.2 Å². The average molecular weight is 419 g/mol. The molecule has 1 N–H and O–H groups in total. The van der Waals surface area contributed by atoms with Gasteiger partial charge in [0.2, 0.25) is 11.8 Å². The van der Waals surface area contributed by atoms with E-state index in [9.17, 15) is 24.0 Å². The Labute approximate surface area is 178 Å². The number of hydrogen-bond donors (Lipinski definition) is 1. The van der Waals surface area contributed by atoms with Crippen LogP contribution in [0.15, 0.2) is 42.5 Å². The SMILES string of the molecule is CC(C(=O)NCCC(=O)c1ccc2c(c1)CC(=O)N2C)N1C(=O)c2ccccc2C1=O. The quantitative estimate of drug-likeness (QED) is 0.566. The van der Waals surface area contributed by atoms with Crippen LogP contribution >= 0.6 is 0 Å². The average Bonchev–Trinajstić information content (AvgIpc) is 3.19. The molecule has 8 heteroatoms. The van der Waals surface area contributed by atoms with E-state index < -0.39 is 23.8 Å². The molecule has 4 rings (SSSR count). The van der Waals surface area contributed by atoms with E-state index in [1.165, 1.54) is 6.92 Å². The van der Waals surface area contributed by atoms with Gasteiger partial charge in [-0.05, 0) is 42.8 Å². The van der Waals surface area contributed by atoms with Crippen molar-refractivity contribution in [2.75, 3.05) is 18.5 Å². The number of likely N-dealkylation sites (N-methyl/N-ethyl adjacent to an activating group) is 1. The van der Waals surface area contributed by atoms with Gasteiger partial charge >= 0.3 is 0 Å². The Hall–Kier alpha value is -3.81. The molecule has 2 aliphatic rings. The number of Topliss-reactive ketones (excluding diaryl/α,β-unsaturated/α-hetero) is 1. The summed E-state index contributed by atoms with van der Waals surface area (Å²) in [6, 6.07) is 10.6. The number of rotatable bonds is 6. The van der Waals surface area contributed by atoms with E-state index in [1.807, 2.05) is 0 Å². The van der Waals surface area contributed by atoms with Gasteiger partial charge in [0.05, 0.1) is 17.5 Å². The van der Waals surface area contributed by atoms with Gasteiger partial charge in [-0.3, -0.25) is 28.9 Å². The number of nitrogens with one attached hydrogen (secondary N) is 1. The molecule has 0 spiro atoms.